The number of aromatic nitrogens is 5. The third-order valence-corrected chi connectivity index (χ3v) is 10.7. The molecule has 11 aromatic rings. The van der Waals surface area contributed by atoms with Crippen LogP contribution in [0.25, 0.3) is 106 Å². The number of oxazole rings is 1. The monoisotopic (exact) mass is 743 g/mol. The minimum atomic E-state index is 0.607. The molecule has 58 heavy (non-hydrogen) atoms. The predicted octanol–water partition coefficient (Wildman–Crippen LogP) is 13.1. The van der Waals surface area contributed by atoms with Crippen molar-refractivity contribution in [2.75, 3.05) is 0 Å². The number of rotatable bonds is 7. The summed E-state index contributed by atoms with van der Waals surface area (Å²) in [5, 5.41) is 2.15. The highest BCUT2D eigenvalue weighted by atomic mass is 16.3. The lowest BCUT2D eigenvalue weighted by Gasteiger charge is -2.11. The van der Waals surface area contributed by atoms with Crippen LogP contribution >= 0.6 is 0 Å². The number of para-hydroxylation sites is 1. The Labute approximate surface area is 334 Å². The molecule has 0 bridgehead atoms. The van der Waals surface area contributed by atoms with E-state index in [0.29, 0.717) is 23.4 Å². The van der Waals surface area contributed by atoms with Gasteiger partial charge in [0.25, 0.3) is 0 Å². The highest BCUT2D eigenvalue weighted by Gasteiger charge is 2.21. The van der Waals surface area contributed by atoms with Crippen LogP contribution in [0, 0.1) is 0 Å². The van der Waals surface area contributed by atoms with E-state index in [1.54, 1.807) is 0 Å². The molecule has 0 radical (unpaired) electrons. The van der Waals surface area contributed by atoms with Gasteiger partial charge in [-0.05, 0) is 76.9 Å². The highest BCUT2D eigenvalue weighted by Crippen LogP contribution is 2.40. The lowest BCUT2D eigenvalue weighted by Crippen LogP contribution is -2.00. The summed E-state index contributed by atoms with van der Waals surface area (Å²) in [6, 6.07) is 68.8. The molecule has 0 aliphatic heterocycles. The number of benzene rings is 8. The molecule has 11 rings (SSSR count). The zero-order chi connectivity index (χ0) is 38.4. The molecule has 0 aliphatic rings. The van der Waals surface area contributed by atoms with Crippen molar-refractivity contribution in [1.82, 2.24) is 24.5 Å². The number of nitrogens with zero attached hydrogens (tertiary/aromatic N) is 5. The van der Waals surface area contributed by atoms with Gasteiger partial charge >= 0.3 is 0 Å². The first-order valence-corrected chi connectivity index (χ1v) is 19.3. The van der Waals surface area contributed by atoms with E-state index in [2.05, 4.69) is 126 Å². The Morgan fingerprint density at radius 1 is 0.362 bits per heavy atom. The quantitative estimate of drug-likeness (QED) is 0.163. The van der Waals surface area contributed by atoms with Crippen LogP contribution in [-0.2, 0) is 0 Å². The second kappa shape index (κ2) is 14.0. The normalized spacial score (nSPS) is 11.4. The molecule has 0 aliphatic carbocycles. The average Bonchev–Trinajstić information content (AvgIpc) is 3.89. The molecule has 0 atom stereocenters. The molecular weight excluding hydrogens is 711 g/mol. The van der Waals surface area contributed by atoms with Crippen molar-refractivity contribution in [3.8, 4) is 73.6 Å². The van der Waals surface area contributed by atoms with Gasteiger partial charge in [-0.2, -0.15) is 0 Å². The minimum absolute atomic E-state index is 0.607. The summed E-state index contributed by atoms with van der Waals surface area (Å²) in [7, 11) is 0. The van der Waals surface area contributed by atoms with Gasteiger partial charge in [-0.25, -0.2) is 19.9 Å². The Kier molecular flexibility index (Phi) is 8.04. The molecule has 6 nitrogen and oxygen atoms in total. The first-order valence-electron chi connectivity index (χ1n) is 19.3. The fourth-order valence-corrected chi connectivity index (χ4v) is 7.88. The van der Waals surface area contributed by atoms with Crippen molar-refractivity contribution >= 4 is 32.9 Å². The minimum Gasteiger partial charge on any atom is -0.436 e. The van der Waals surface area contributed by atoms with Crippen molar-refractivity contribution in [2.24, 2.45) is 0 Å². The molecular formula is C52H33N5O. The van der Waals surface area contributed by atoms with Crippen LogP contribution in [-0.4, -0.2) is 24.5 Å². The summed E-state index contributed by atoms with van der Waals surface area (Å²) in [6.07, 6.45) is 0. The summed E-state index contributed by atoms with van der Waals surface area (Å²) in [5.41, 5.74) is 12.9. The van der Waals surface area contributed by atoms with Crippen LogP contribution in [0.1, 0.15) is 0 Å². The lowest BCUT2D eigenvalue weighted by molar-refractivity contribution is 0.620. The van der Waals surface area contributed by atoms with E-state index >= 15 is 0 Å². The van der Waals surface area contributed by atoms with Gasteiger partial charge in [0.2, 0.25) is 5.89 Å². The molecule has 0 saturated heterocycles. The maximum atomic E-state index is 6.30. The zero-order valence-electron chi connectivity index (χ0n) is 31.2. The number of fused-ring (bicyclic) bond motifs is 4. The fourth-order valence-electron chi connectivity index (χ4n) is 7.88. The van der Waals surface area contributed by atoms with Crippen LogP contribution in [0.3, 0.4) is 0 Å². The average molecular weight is 744 g/mol. The Morgan fingerprint density at radius 2 is 0.897 bits per heavy atom. The molecule has 8 aromatic carbocycles. The third kappa shape index (κ3) is 5.92. The third-order valence-electron chi connectivity index (χ3n) is 10.7. The van der Waals surface area contributed by atoms with Gasteiger partial charge in [-0.1, -0.05) is 146 Å². The SMILES string of the molecule is c1ccc(-c2ccc(-c3nc(-c4ccccc4)nc(-c4cccc5c4c4cc(-c6ccc7nc(-c8ccccc8)oc7c6)ccc4n5-c4ccccc4)n3)cc2)cc1. The summed E-state index contributed by atoms with van der Waals surface area (Å²) in [5.74, 6) is 2.45. The Bertz CT molecular complexity index is 3250. The molecule has 272 valence electrons. The molecule has 0 unspecified atom stereocenters. The van der Waals surface area contributed by atoms with E-state index in [9.17, 15) is 0 Å². The predicted molar refractivity (Wildman–Crippen MR) is 234 cm³/mol. The summed E-state index contributed by atoms with van der Waals surface area (Å²) < 4.78 is 8.63. The van der Waals surface area contributed by atoms with Crippen molar-refractivity contribution in [3.05, 3.63) is 200 Å². The van der Waals surface area contributed by atoms with Crippen LogP contribution in [0.15, 0.2) is 205 Å². The van der Waals surface area contributed by atoms with Gasteiger partial charge in [-0.3, -0.25) is 0 Å². The van der Waals surface area contributed by atoms with E-state index in [1.807, 2.05) is 78.9 Å². The van der Waals surface area contributed by atoms with Crippen LogP contribution in [0.2, 0.25) is 0 Å². The van der Waals surface area contributed by atoms with E-state index in [0.717, 1.165) is 83.1 Å². The number of hydrogen-bond acceptors (Lipinski definition) is 5. The standard InChI is InChI=1S/C52H33N5O/c1-5-14-34(15-6-1)35-24-26-37(27-25-35)50-54-49(36-16-7-2-8-17-36)55-51(56-50)42-22-13-23-46-48(42)43-32-39(29-31-45(43)57(46)41-20-11-4-12-21-41)40-28-30-44-47(33-40)58-52(53-44)38-18-9-3-10-19-38/h1-33H. The smallest absolute Gasteiger partial charge is 0.227 e. The Hall–Kier alpha value is -7.96. The maximum absolute atomic E-state index is 6.30. The van der Waals surface area contributed by atoms with Crippen molar-refractivity contribution in [3.63, 3.8) is 0 Å². The van der Waals surface area contributed by atoms with E-state index in [4.69, 9.17) is 24.4 Å². The van der Waals surface area contributed by atoms with E-state index in [-0.39, 0.29) is 0 Å². The summed E-state index contributed by atoms with van der Waals surface area (Å²) in [4.78, 5) is 20.3. The summed E-state index contributed by atoms with van der Waals surface area (Å²) in [6.45, 7) is 0. The van der Waals surface area contributed by atoms with Crippen molar-refractivity contribution in [2.45, 2.75) is 0 Å². The molecule has 0 N–H and O–H groups in total. The van der Waals surface area contributed by atoms with Gasteiger partial charge < -0.3 is 8.98 Å². The second-order valence-electron chi connectivity index (χ2n) is 14.3. The maximum Gasteiger partial charge on any atom is 0.227 e. The topological polar surface area (TPSA) is 69.6 Å². The first kappa shape index (κ1) is 33.4. The largest absolute Gasteiger partial charge is 0.436 e. The van der Waals surface area contributed by atoms with Crippen molar-refractivity contribution < 1.29 is 4.42 Å². The summed E-state index contributed by atoms with van der Waals surface area (Å²) >= 11 is 0. The zero-order valence-corrected chi connectivity index (χ0v) is 31.2. The molecule has 0 amide bonds. The van der Waals surface area contributed by atoms with Gasteiger partial charge in [0.1, 0.15) is 5.52 Å². The number of hydrogen-bond donors (Lipinski definition) is 0. The van der Waals surface area contributed by atoms with Crippen molar-refractivity contribution in [1.29, 1.82) is 0 Å². The lowest BCUT2D eigenvalue weighted by atomic mass is 10.00. The van der Waals surface area contributed by atoms with E-state index < -0.39 is 0 Å². The Morgan fingerprint density at radius 3 is 1.60 bits per heavy atom. The van der Waals surface area contributed by atoms with Crippen LogP contribution < -0.4 is 0 Å². The molecule has 6 heteroatoms. The van der Waals surface area contributed by atoms with Crippen LogP contribution in [0.4, 0.5) is 0 Å². The molecule has 0 fully saturated rings. The second-order valence-corrected chi connectivity index (χ2v) is 14.3. The highest BCUT2D eigenvalue weighted by molar-refractivity contribution is 6.16. The van der Waals surface area contributed by atoms with Gasteiger partial charge in [0, 0.05) is 38.7 Å². The van der Waals surface area contributed by atoms with Gasteiger partial charge in [0.15, 0.2) is 23.1 Å². The molecule has 0 saturated carbocycles. The van der Waals surface area contributed by atoms with Gasteiger partial charge in [-0.15, -0.1) is 0 Å². The van der Waals surface area contributed by atoms with E-state index in [1.165, 1.54) is 0 Å². The molecule has 3 heterocycles. The van der Waals surface area contributed by atoms with Crippen LogP contribution in [0.5, 0.6) is 0 Å². The molecule has 3 aromatic heterocycles. The van der Waals surface area contributed by atoms with Gasteiger partial charge in [0.05, 0.1) is 11.0 Å². The molecule has 0 spiro atoms. The first-order chi connectivity index (χ1) is 28.7. The fraction of sp³-hybridized carbons (Fsp3) is 0. The Balaban J connectivity index is 1.11.